The molecule has 0 unspecified atom stereocenters. The summed E-state index contributed by atoms with van der Waals surface area (Å²) in [5.74, 6) is 0.0649. The Balaban J connectivity index is 2.82. The van der Waals surface area contributed by atoms with Crippen molar-refractivity contribution in [3.63, 3.8) is 0 Å². The maximum atomic E-state index is 10.9. The summed E-state index contributed by atoms with van der Waals surface area (Å²) < 4.78 is 15.6. The summed E-state index contributed by atoms with van der Waals surface area (Å²) in [6, 6.07) is 3.07. The number of aromatic amines is 1. The van der Waals surface area contributed by atoms with E-state index >= 15 is 0 Å². The topological polar surface area (TPSA) is 83.6 Å². The zero-order valence-electron chi connectivity index (χ0n) is 10.2. The van der Waals surface area contributed by atoms with Crippen molar-refractivity contribution in [3.05, 3.63) is 17.8 Å². The fraction of sp³-hybridized carbons (Fsp3) is 0.250. The second kappa shape index (κ2) is 4.48. The zero-order chi connectivity index (χ0) is 13.3. The van der Waals surface area contributed by atoms with Gasteiger partial charge >= 0.3 is 0 Å². The molecule has 6 heteroatoms. The first kappa shape index (κ1) is 12.1. The Morgan fingerprint density at radius 1 is 1.11 bits per heavy atom. The van der Waals surface area contributed by atoms with Crippen LogP contribution in [0, 0.1) is 0 Å². The van der Waals surface area contributed by atoms with E-state index in [9.17, 15) is 9.90 Å². The van der Waals surface area contributed by atoms with Gasteiger partial charge in [-0.15, -0.1) is 0 Å². The monoisotopic (exact) mass is 250 g/mol. The largest absolute Gasteiger partial charge is 0.543 e. The molecule has 2 rings (SSSR count). The number of hydrogen-bond acceptors (Lipinski definition) is 5. The van der Waals surface area contributed by atoms with Crippen LogP contribution in [0.5, 0.6) is 17.2 Å². The quantitative estimate of drug-likeness (QED) is 0.857. The predicted molar refractivity (Wildman–Crippen MR) is 62.3 cm³/mol. The zero-order valence-corrected chi connectivity index (χ0v) is 10.2. The maximum Gasteiger partial charge on any atom is 0.185 e. The Bertz CT molecular complexity index is 602. The molecule has 18 heavy (non-hydrogen) atoms. The van der Waals surface area contributed by atoms with Gasteiger partial charge in [-0.2, -0.15) is 0 Å². The third-order valence-electron chi connectivity index (χ3n) is 2.66. The van der Waals surface area contributed by atoms with Crippen LogP contribution in [0.2, 0.25) is 0 Å². The standard InChI is InChI=1S/C12H13NO5/c1-16-8-5-9(17-2)11(18-3)10-6(8)4-7(13-10)12(14)15/h4-5,13H,1-3H3,(H,14,15)/p-1. The number of carbonyl (C=O) groups excluding carboxylic acids is 1. The van der Waals surface area contributed by atoms with Gasteiger partial charge in [0.1, 0.15) is 5.75 Å². The highest BCUT2D eigenvalue weighted by atomic mass is 16.5. The fourth-order valence-electron chi connectivity index (χ4n) is 1.85. The van der Waals surface area contributed by atoms with E-state index < -0.39 is 5.97 Å². The molecular weight excluding hydrogens is 238 g/mol. The molecule has 96 valence electrons. The highest BCUT2D eigenvalue weighted by Gasteiger charge is 2.17. The van der Waals surface area contributed by atoms with Crippen molar-refractivity contribution in [2.45, 2.75) is 0 Å². The molecule has 0 spiro atoms. The number of fused-ring (bicyclic) bond motifs is 1. The van der Waals surface area contributed by atoms with E-state index in [-0.39, 0.29) is 5.69 Å². The summed E-state index contributed by atoms with van der Waals surface area (Å²) in [6.07, 6.45) is 0. The van der Waals surface area contributed by atoms with Gasteiger partial charge in [0.15, 0.2) is 11.5 Å². The summed E-state index contributed by atoms with van der Waals surface area (Å²) in [4.78, 5) is 13.6. The Labute approximate surface area is 103 Å². The van der Waals surface area contributed by atoms with E-state index in [0.717, 1.165) is 0 Å². The average molecular weight is 250 g/mol. The number of methoxy groups -OCH3 is 3. The van der Waals surface area contributed by atoms with Crippen LogP contribution in [-0.2, 0) is 0 Å². The minimum Gasteiger partial charge on any atom is -0.543 e. The number of nitrogens with one attached hydrogen (secondary N) is 1. The lowest BCUT2D eigenvalue weighted by Crippen LogP contribution is -2.22. The molecular formula is C12H12NO5-. The number of benzene rings is 1. The Morgan fingerprint density at radius 2 is 1.78 bits per heavy atom. The van der Waals surface area contributed by atoms with Crippen molar-refractivity contribution >= 4 is 16.9 Å². The molecule has 0 aliphatic rings. The van der Waals surface area contributed by atoms with E-state index in [0.29, 0.717) is 28.2 Å². The van der Waals surface area contributed by atoms with Crippen LogP contribution in [-0.4, -0.2) is 32.3 Å². The highest BCUT2D eigenvalue weighted by Crippen LogP contribution is 2.41. The van der Waals surface area contributed by atoms with Crippen LogP contribution in [0.1, 0.15) is 10.5 Å². The van der Waals surface area contributed by atoms with Gasteiger partial charge in [-0.3, -0.25) is 0 Å². The van der Waals surface area contributed by atoms with Crippen molar-refractivity contribution in [2.75, 3.05) is 21.3 Å². The lowest BCUT2D eigenvalue weighted by molar-refractivity contribution is -0.255. The molecule has 0 amide bonds. The molecule has 1 aromatic heterocycles. The first-order valence-electron chi connectivity index (χ1n) is 5.15. The van der Waals surface area contributed by atoms with E-state index in [1.165, 1.54) is 27.4 Å². The van der Waals surface area contributed by atoms with Crippen LogP contribution in [0.3, 0.4) is 0 Å². The van der Waals surface area contributed by atoms with Crippen LogP contribution < -0.4 is 19.3 Å². The van der Waals surface area contributed by atoms with Gasteiger partial charge in [0.05, 0.1) is 38.5 Å². The minimum atomic E-state index is -1.30. The van der Waals surface area contributed by atoms with Gasteiger partial charge in [-0.05, 0) is 6.07 Å². The molecule has 0 radical (unpaired) electrons. The molecule has 0 saturated carbocycles. The minimum absolute atomic E-state index is 0.0464. The SMILES string of the molecule is COc1cc(OC)c2cc(C(=O)[O-])[nH]c2c1OC. The Morgan fingerprint density at radius 3 is 2.28 bits per heavy atom. The molecule has 1 N–H and O–H groups in total. The number of rotatable bonds is 4. The van der Waals surface area contributed by atoms with Crippen molar-refractivity contribution in [1.82, 2.24) is 4.98 Å². The van der Waals surface area contributed by atoms with Gasteiger partial charge in [-0.1, -0.05) is 0 Å². The molecule has 2 aromatic rings. The lowest BCUT2D eigenvalue weighted by Gasteiger charge is -2.11. The van der Waals surface area contributed by atoms with Gasteiger partial charge in [-0.25, -0.2) is 0 Å². The van der Waals surface area contributed by atoms with Crippen LogP contribution >= 0.6 is 0 Å². The van der Waals surface area contributed by atoms with Crippen molar-refractivity contribution in [1.29, 1.82) is 0 Å². The summed E-state index contributed by atoms with van der Waals surface area (Å²) >= 11 is 0. The van der Waals surface area contributed by atoms with Crippen LogP contribution in [0.25, 0.3) is 10.9 Å². The molecule has 6 nitrogen and oxygen atoms in total. The summed E-state index contributed by atoms with van der Waals surface area (Å²) in [6.45, 7) is 0. The molecule has 0 aliphatic carbocycles. The number of H-pyrrole nitrogens is 1. The fourth-order valence-corrected chi connectivity index (χ4v) is 1.85. The molecule has 0 fully saturated rings. The first-order chi connectivity index (χ1) is 8.62. The predicted octanol–water partition coefficient (Wildman–Crippen LogP) is 0.557. The van der Waals surface area contributed by atoms with Crippen molar-refractivity contribution in [2.24, 2.45) is 0 Å². The molecule has 0 saturated heterocycles. The molecule has 0 bridgehead atoms. The third kappa shape index (κ3) is 1.71. The van der Waals surface area contributed by atoms with Gasteiger partial charge in [0, 0.05) is 11.5 Å². The summed E-state index contributed by atoms with van der Waals surface area (Å²) in [5, 5.41) is 11.5. The number of aromatic carboxylic acids is 1. The summed E-state index contributed by atoms with van der Waals surface area (Å²) in [5.41, 5.74) is 0.447. The second-order valence-electron chi connectivity index (χ2n) is 3.57. The molecule has 1 aromatic carbocycles. The number of carbonyl (C=O) groups is 1. The molecule has 0 aliphatic heterocycles. The van der Waals surface area contributed by atoms with Crippen LogP contribution in [0.15, 0.2) is 12.1 Å². The van der Waals surface area contributed by atoms with E-state index in [2.05, 4.69) is 4.98 Å². The first-order valence-corrected chi connectivity index (χ1v) is 5.15. The van der Waals surface area contributed by atoms with Crippen LogP contribution in [0.4, 0.5) is 0 Å². The smallest absolute Gasteiger partial charge is 0.185 e. The maximum absolute atomic E-state index is 10.9. The highest BCUT2D eigenvalue weighted by molar-refractivity contribution is 5.99. The second-order valence-corrected chi connectivity index (χ2v) is 3.57. The van der Waals surface area contributed by atoms with Gasteiger partial charge in [0.25, 0.3) is 0 Å². The summed E-state index contributed by atoms with van der Waals surface area (Å²) in [7, 11) is 4.46. The number of carboxylic acid groups (broad SMARTS) is 1. The normalized spacial score (nSPS) is 10.4. The van der Waals surface area contributed by atoms with Crippen molar-refractivity contribution in [3.8, 4) is 17.2 Å². The third-order valence-corrected chi connectivity index (χ3v) is 2.66. The van der Waals surface area contributed by atoms with E-state index in [1.807, 2.05) is 0 Å². The Hall–Kier alpha value is -2.37. The molecule has 1 heterocycles. The number of aromatic nitrogens is 1. The van der Waals surface area contributed by atoms with Crippen molar-refractivity contribution < 1.29 is 24.1 Å². The average Bonchev–Trinajstić information content (AvgIpc) is 2.81. The lowest BCUT2D eigenvalue weighted by atomic mass is 10.2. The number of carboxylic acids is 1. The van der Waals surface area contributed by atoms with E-state index in [4.69, 9.17) is 14.2 Å². The number of ether oxygens (including phenoxy) is 3. The Kier molecular flexibility index (Phi) is 3.01. The van der Waals surface area contributed by atoms with Gasteiger partial charge in [0.2, 0.25) is 0 Å². The molecule has 0 atom stereocenters. The van der Waals surface area contributed by atoms with Gasteiger partial charge < -0.3 is 29.1 Å². The van der Waals surface area contributed by atoms with E-state index in [1.54, 1.807) is 6.07 Å². The number of hydrogen-bond donors (Lipinski definition) is 1.